The van der Waals surface area contributed by atoms with Crippen LogP contribution in [0.1, 0.15) is 24.7 Å². The highest BCUT2D eigenvalue weighted by atomic mass is 16.3. The van der Waals surface area contributed by atoms with Crippen molar-refractivity contribution in [2.45, 2.75) is 26.4 Å². The normalized spacial score (nSPS) is 10.7. The Hall–Kier alpha value is -1.88. The zero-order valence-electron chi connectivity index (χ0n) is 11.7. The van der Waals surface area contributed by atoms with E-state index in [9.17, 15) is 5.11 Å². The first-order valence-electron chi connectivity index (χ1n) is 6.49. The predicted molar refractivity (Wildman–Crippen MR) is 75.6 cm³/mol. The number of anilines is 1. The smallest absolute Gasteiger partial charge is 0.112 e. The fourth-order valence-corrected chi connectivity index (χ4v) is 2.04. The first kappa shape index (κ1) is 13.5. The third-order valence-electron chi connectivity index (χ3n) is 3.09. The zero-order valence-corrected chi connectivity index (χ0v) is 11.7. The number of benzene rings is 1. The highest BCUT2D eigenvalue weighted by Gasteiger charge is 2.12. The van der Waals surface area contributed by atoms with Crippen molar-refractivity contribution in [2.24, 2.45) is 0 Å². The SMILES string of the molecule is CCCc1c(CO)nnn1-c1ccc(N(C)C)cc1. The summed E-state index contributed by atoms with van der Waals surface area (Å²) in [5.41, 5.74) is 3.77. The van der Waals surface area contributed by atoms with Gasteiger partial charge in [0.15, 0.2) is 0 Å². The molecule has 0 spiro atoms. The molecule has 0 saturated carbocycles. The summed E-state index contributed by atoms with van der Waals surface area (Å²) < 4.78 is 1.81. The van der Waals surface area contributed by atoms with Crippen LogP contribution in [0.25, 0.3) is 5.69 Å². The molecule has 1 aromatic carbocycles. The van der Waals surface area contributed by atoms with Crippen LogP contribution >= 0.6 is 0 Å². The van der Waals surface area contributed by atoms with Gasteiger partial charge in [-0.1, -0.05) is 18.6 Å². The number of hydrogen-bond donors (Lipinski definition) is 1. The number of hydrogen-bond acceptors (Lipinski definition) is 4. The van der Waals surface area contributed by atoms with Crippen LogP contribution in [0.15, 0.2) is 24.3 Å². The topological polar surface area (TPSA) is 54.2 Å². The first-order chi connectivity index (χ1) is 9.17. The van der Waals surface area contributed by atoms with Crippen LogP contribution in [0.4, 0.5) is 5.69 Å². The minimum absolute atomic E-state index is 0.0644. The lowest BCUT2D eigenvalue weighted by Crippen LogP contribution is -2.09. The molecule has 1 heterocycles. The summed E-state index contributed by atoms with van der Waals surface area (Å²) in [6.07, 6.45) is 1.86. The van der Waals surface area contributed by atoms with E-state index in [0.717, 1.165) is 29.9 Å². The lowest BCUT2D eigenvalue weighted by atomic mass is 10.2. The second kappa shape index (κ2) is 5.84. The third kappa shape index (κ3) is 2.76. The summed E-state index contributed by atoms with van der Waals surface area (Å²) in [5, 5.41) is 17.5. The number of aromatic nitrogens is 3. The van der Waals surface area contributed by atoms with Gasteiger partial charge in [0, 0.05) is 19.8 Å². The molecule has 0 aliphatic heterocycles. The summed E-state index contributed by atoms with van der Waals surface area (Å²) in [5.74, 6) is 0. The lowest BCUT2D eigenvalue weighted by molar-refractivity contribution is 0.275. The van der Waals surface area contributed by atoms with Crippen molar-refractivity contribution in [3.63, 3.8) is 0 Å². The van der Waals surface area contributed by atoms with Gasteiger partial charge >= 0.3 is 0 Å². The molecule has 19 heavy (non-hydrogen) atoms. The van der Waals surface area contributed by atoms with Crippen LogP contribution < -0.4 is 4.90 Å². The summed E-state index contributed by atoms with van der Waals surface area (Å²) in [4.78, 5) is 2.05. The van der Waals surface area contributed by atoms with Crippen LogP contribution in [0, 0.1) is 0 Å². The van der Waals surface area contributed by atoms with Crippen molar-refractivity contribution < 1.29 is 5.11 Å². The van der Waals surface area contributed by atoms with E-state index in [4.69, 9.17) is 0 Å². The second-order valence-corrected chi connectivity index (χ2v) is 4.71. The molecule has 0 amide bonds. The Kier molecular flexibility index (Phi) is 4.16. The molecule has 0 bridgehead atoms. The molecule has 0 aliphatic rings. The molecule has 0 atom stereocenters. The molecule has 1 aromatic heterocycles. The van der Waals surface area contributed by atoms with E-state index in [-0.39, 0.29) is 6.61 Å². The monoisotopic (exact) mass is 260 g/mol. The maximum Gasteiger partial charge on any atom is 0.112 e. The van der Waals surface area contributed by atoms with Crippen molar-refractivity contribution >= 4 is 5.69 Å². The van der Waals surface area contributed by atoms with E-state index in [1.807, 2.05) is 43.0 Å². The molecule has 0 aliphatic carbocycles. The Morgan fingerprint density at radius 2 is 1.89 bits per heavy atom. The van der Waals surface area contributed by atoms with Crippen LogP contribution in [-0.4, -0.2) is 34.2 Å². The number of aliphatic hydroxyl groups excluding tert-OH is 1. The van der Waals surface area contributed by atoms with E-state index in [2.05, 4.69) is 22.1 Å². The van der Waals surface area contributed by atoms with E-state index in [0.29, 0.717) is 5.69 Å². The molecular weight excluding hydrogens is 240 g/mol. The predicted octanol–water partition coefficient (Wildman–Crippen LogP) is 1.78. The van der Waals surface area contributed by atoms with Crippen molar-refractivity contribution in [1.29, 1.82) is 0 Å². The van der Waals surface area contributed by atoms with Crippen molar-refractivity contribution in [2.75, 3.05) is 19.0 Å². The molecular formula is C14H20N4O. The summed E-state index contributed by atoms with van der Waals surface area (Å²) in [7, 11) is 4.02. The first-order valence-corrected chi connectivity index (χ1v) is 6.49. The summed E-state index contributed by atoms with van der Waals surface area (Å²) in [6, 6.07) is 8.13. The Morgan fingerprint density at radius 1 is 1.21 bits per heavy atom. The van der Waals surface area contributed by atoms with Crippen molar-refractivity contribution in [3.8, 4) is 5.69 Å². The van der Waals surface area contributed by atoms with E-state index in [1.54, 1.807) is 0 Å². The Balaban J connectivity index is 2.38. The average Bonchev–Trinajstić information content (AvgIpc) is 2.82. The Morgan fingerprint density at radius 3 is 2.42 bits per heavy atom. The molecule has 2 rings (SSSR count). The van der Waals surface area contributed by atoms with Gasteiger partial charge in [-0.3, -0.25) is 0 Å². The van der Waals surface area contributed by atoms with Gasteiger partial charge in [0.05, 0.1) is 18.0 Å². The average molecular weight is 260 g/mol. The fourth-order valence-electron chi connectivity index (χ4n) is 2.04. The zero-order chi connectivity index (χ0) is 13.8. The van der Waals surface area contributed by atoms with Gasteiger partial charge in [-0.05, 0) is 30.7 Å². The highest BCUT2D eigenvalue weighted by molar-refractivity contribution is 5.50. The molecule has 1 N–H and O–H groups in total. The lowest BCUT2D eigenvalue weighted by Gasteiger charge is -2.13. The highest BCUT2D eigenvalue weighted by Crippen LogP contribution is 2.18. The number of nitrogens with zero attached hydrogens (tertiary/aromatic N) is 4. The van der Waals surface area contributed by atoms with E-state index < -0.39 is 0 Å². The number of aliphatic hydroxyl groups is 1. The van der Waals surface area contributed by atoms with Gasteiger partial charge < -0.3 is 10.0 Å². The van der Waals surface area contributed by atoms with Gasteiger partial charge in [0.25, 0.3) is 0 Å². The van der Waals surface area contributed by atoms with Crippen LogP contribution in [-0.2, 0) is 13.0 Å². The fraction of sp³-hybridized carbons (Fsp3) is 0.429. The maximum absolute atomic E-state index is 9.30. The molecule has 0 fully saturated rings. The van der Waals surface area contributed by atoms with E-state index >= 15 is 0 Å². The molecule has 0 unspecified atom stereocenters. The van der Waals surface area contributed by atoms with Gasteiger partial charge in [-0.15, -0.1) is 5.10 Å². The van der Waals surface area contributed by atoms with E-state index in [1.165, 1.54) is 0 Å². The van der Waals surface area contributed by atoms with Gasteiger partial charge in [-0.25, -0.2) is 4.68 Å². The van der Waals surface area contributed by atoms with Crippen LogP contribution in [0.2, 0.25) is 0 Å². The third-order valence-corrected chi connectivity index (χ3v) is 3.09. The second-order valence-electron chi connectivity index (χ2n) is 4.71. The maximum atomic E-state index is 9.30. The minimum Gasteiger partial charge on any atom is -0.390 e. The van der Waals surface area contributed by atoms with Gasteiger partial charge in [0.1, 0.15) is 5.69 Å². The summed E-state index contributed by atoms with van der Waals surface area (Å²) >= 11 is 0. The standard InChI is InChI=1S/C14H20N4O/c1-4-5-14-13(10-19)15-16-18(14)12-8-6-11(7-9-12)17(2)3/h6-9,19H,4-5,10H2,1-3H3. The number of rotatable bonds is 5. The Labute approximate surface area is 113 Å². The largest absolute Gasteiger partial charge is 0.390 e. The van der Waals surface area contributed by atoms with Gasteiger partial charge in [0.2, 0.25) is 0 Å². The molecule has 0 radical (unpaired) electrons. The van der Waals surface area contributed by atoms with Crippen LogP contribution in [0.3, 0.4) is 0 Å². The summed E-state index contributed by atoms with van der Waals surface area (Å²) in [6.45, 7) is 2.04. The molecule has 5 heteroatoms. The quantitative estimate of drug-likeness (QED) is 0.890. The molecule has 102 valence electrons. The molecule has 2 aromatic rings. The van der Waals surface area contributed by atoms with Crippen molar-refractivity contribution in [3.05, 3.63) is 35.7 Å². The van der Waals surface area contributed by atoms with Crippen LogP contribution in [0.5, 0.6) is 0 Å². The minimum atomic E-state index is -0.0644. The van der Waals surface area contributed by atoms with Crippen molar-refractivity contribution in [1.82, 2.24) is 15.0 Å². The van der Waals surface area contributed by atoms with Gasteiger partial charge in [-0.2, -0.15) is 0 Å². The molecule has 0 saturated heterocycles. The molecule has 5 nitrogen and oxygen atoms in total. The Bertz CT molecular complexity index is 531.